The molecule has 0 bridgehead atoms. The van der Waals surface area contributed by atoms with Gasteiger partial charge in [-0.1, -0.05) is 5.92 Å². The first-order valence-corrected chi connectivity index (χ1v) is 3.86. The lowest BCUT2D eigenvalue weighted by molar-refractivity contribution is 0.161. The van der Waals surface area contributed by atoms with Crippen LogP contribution in [-0.2, 0) is 4.74 Å². The van der Waals surface area contributed by atoms with Crippen LogP contribution in [0.1, 0.15) is 0 Å². The number of terminal acetylenes is 1. The van der Waals surface area contributed by atoms with Gasteiger partial charge in [-0.05, 0) is 12.2 Å². The predicted molar refractivity (Wildman–Crippen MR) is 50.5 cm³/mol. The van der Waals surface area contributed by atoms with E-state index in [0.29, 0.717) is 11.7 Å². The number of aliphatic hydroxyl groups is 1. The van der Waals surface area contributed by atoms with Crippen molar-refractivity contribution in [3.63, 3.8) is 0 Å². The van der Waals surface area contributed by atoms with Gasteiger partial charge in [-0.2, -0.15) is 0 Å². The normalized spacial score (nSPS) is 8.67. The average Bonchev–Trinajstić information content (AvgIpc) is 2.09. The minimum Gasteiger partial charge on any atom is -0.395 e. The van der Waals surface area contributed by atoms with Crippen LogP contribution in [0.2, 0.25) is 0 Å². The fourth-order valence-corrected chi connectivity index (χ4v) is 0.619. The lowest BCUT2D eigenvalue weighted by Gasteiger charge is -2.08. The molecule has 0 saturated heterocycles. The Kier molecular flexibility index (Phi) is 7.70. The van der Waals surface area contributed by atoms with Gasteiger partial charge in [0, 0.05) is 6.54 Å². The van der Waals surface area contributed by atoms with Crippen LogP contribution >= 0.6 is 12.2 Å². The van der Waals surface area contributed by atoms with Crippen molar-refractivity contribution < 1.29 is 9.84 Å². The van der Waals surface area contributed by atoms with E-state index in [9.17, 15) is 0 Å². The van der Waals surface area contributed by atoms with E-state index in [0.717, 1.165) is 0 Å². The molecule has 4 nitrogen and oxygen atoms in total. The van der Waals surface area contributed by atoms with E-state index < -0.39 is 0 Å². The molecule has 68 valence electrons. The summed E-state index contributed by atoms with van der Waals surface area (Å²) in [6.07, 6.45) is 4.94. The molecule has 0 aromatic carbocycles. The summed E-state index contributed by atoms with van der Waals surface area (Å²) in [5.41, 5.74) is 0. The first kappa shape index (κ1) is 11.2. The van der Waals surface area contributed by atoms with Gasteiger partial charge in [0.25, 0.3) is 0 Å². The van der Waals surface area contributed by atoms with E-state index in [-0.39, 0.29) is 19.9 Å². The molecule has 0 amide bonds. The summed E-state index contributed by atoms with van der Waals surface area (Å²) in [5, 5.41) is 14.4. The molecule has 0 fully saturated rings. The summed E-state index contributed by atoms with van der Waals surface area (Å²) in [6, 6.07) is 0. The summed E-state index contributed by atoms with van der Waals surface area (Å²) in [5.74, 6) is 2.32. The van der Waals surface area contributed by atoms with Crippen LogP contribution in [0.25, 0.3) is 0 Å². The highest BCUT2D eigenvalue weighted by molar-refractivity contribution is 7.80. The summed E-state index contributed by atoms with van der Waals surface area (Å²) in [6.45, 7) is 1.02. The maximum absolute atomic E-state index is 8.42. The highest BCUT2D eigenvalue weighted by atomic mass is 32.1. The third kappa shape index (κ3) is 7.28. The van der Waals surface area contributed by atoms with Gasteiger partial charge in [0.05, 0.1) is 6.61 Å². The number of hydrogen-bond donors (Lipinski definition) is 3. The van der Waals surface area contributed by atoms with Crippen LogP contribution in [0.4, 0.5) is 0 Å². The van der Waals surface area contributed by atoms with Crippen LogP contribution in [0.3, 0.4) is 0 Å². The Bertz CT molecular complexity index is 167. The summed E-state index contributed by atoms with van der Waals surface area (Å²) >= 11 is 4.80. The Hall–Kier alpha value is -0.830. The SMILES string of the molecule is C#CCOCNC(=S)NCCO. The third-order valence-electron chi connectivity index (χ3n) is 0.918. The first-order valence-electron chi connectivity index (χ1n) is 3.45. The minimum absolute atomic E-state index is 0.0486. The molecule has 0 aliphatic rings. The molecule has 0 radical (unpaired) electrons. The fourth-order valence-electron chi connectivity index (χ4n) is 0.458. The van der Waals surface area contributed by atoms with Crippen molar-refractivity contribution in [3.05, 3.63) is 0 Å². The van der Waals surface area contributed by atoms with Gasteiger partial charge in [-0.25, -0.2) is 0 Å². The number of aliphatic hydroxyl groups excluding tert-OH is 1. The molecule has 0 aliphatic heterocycles. The zero-order chi connectivity index (χ0) is 9.23. The van der Waals surface area contributed by atoms with Crippen molar-refractivity contribution in [1.29, 1.82) is 0 Å². The number of hydrogen-bond acceptors (Lipinski definition) is 3. The minimum atomic E-state index is 0.0486. The van der Waals surface area contributed by atoms with Gasteiger partial charge in [-0.15, -0.1) is 6.42 Å². The van der Waals surface area contributed by atoms with Gasteiger partial charge in [-0.3, -0.25) is 0 Å². The smallest absolute Gasteiger partial charge is 0.168 e. The molecule has 0 saturated carbocycles. The highest BCUT2D eigenvalue weighted by Crippen LogP contribution is 1.70. The number of nitrogens with one attached hydrogen (secondary N) is 2. The lowest BCUT2D eigenvalue weighted by atomic mass is 10.7. The Morgan fingerprint density at radius 3 is 2.92 bits per heavy atom. The van der Waals surface area contributed by atoms with E-state index in [1.54, 1.807) is 0 Å². The zero-order valence-electron chi connectivity index (χ0n) is 6.67. The zero-order valence-corrected chi connectivity index (χ0v) is 7.49. The van der Waals surface area contributed by atoms with Crippen LogP contribution < -0.4 is 10.6 Å². The molecule has 0 aromatic rings. The summed E-state index contributed by atoms with van der Waals surface area (Å²) < 4.78 is 4.90. The van der Waals surface area contributed by atoms with Crippen LogP contribution in [0.5, 0.6) is 0 Å². The Morgan fingerprint density at radius 2 is 2.33 bits per heavy atom. The van der Waals surface area contributed by atoms with Gasteiger partial charge in [0.15, 0.2) is 5.11 Å². The van der Waals surface area contributed by atoms with Crippen LogP contribution in [0.15, 0.2) is 0 Å². The molecule has 0 rings (SSSR count). The van der Waals surface area contributed by atoms with E-state index in [4.69, 9.17) is 28.5 Å². The quantitative estimate of drug-likeness (QED) is 0.225. The fraction of sp³-hybridized carbons (Fsp3) is 0.571. The van der Waals surface area contributed by atoms with E-state index in [1.165, 1.54) is 0 Å². The number of rotatable bonds is 5. The molecule has 0 atom stereocenters. The molecule has 12 heavy (non-hydrogen) atoms. The Balaban J connectivity index is 3.15. The standard InChI is InChI=1S/C7H12N2O2S/c1-2-5-11-6-9-7(12)8-3-4-10/h1,10H,3-6H2,(H2,8,9,12). The van der Waals surface area contributed by atoms with Gasteiger partial charge in [0.1, 0.15) is 13.3 Å². The maximum atomic E-state index is 8.42. The molecule has 3 N–H and O–H groups in total. The van der Waals surface area contributed by atoms with E-state index in [2.05, 4.69) is 16.6 Å². The molecule has 0 aliphatic carbocycles. The Labute approximate surface area is 77.3 Å². The largest absolute Gasteiger partial charge is 0.395 e. The number of ether oxygens (including phenoxy) is 1. The highest BCUT2D eigenvalue weighted by Gasteiger charge is 1.91. The van der Waals surface area contributed by atoms with Crippen molar-refractivity contribution in [2.45, 2.75) is 0 Å². The average molecular weight is 188 g/mol. The van der Waals surface area contributed by atoms with Crippen molar-refractivity contribution >= 4 is 17.3 Å². The van der Waals surface area contributed by atoms with Crippen molar-refractivity contribution in [3.8, 4) is 12.3 Å². The monoisotopic (exact) mass is 188 g/mol. The van der Waals surface area contributed by atoms with Gasteiger partial charge in [0.2, 0.25) is 0 Å². The van der Waals surface area contributed by atoms with Crippen molar-refractivity contribution in [2.24, 2.45) is 0 Å². The lowest BCUT2D eigenvalue weighted by Crippen LogP contribution is -2.37. The second-order valence-corrected chi connectivity index (χ2v) is 2.26. The van der Waals surface area contributed by atoms with Crippen LogP contribution in [-0.4, -0.2) is 36.7 Å². The molecule has 0 aromatic heterocycles. The molecule has 5 heteroatoms. The molecule has 0 heterocycles. The first-order chi connectivity index (χ1) is 5.81. The molecule has 0 unspecified atom stereocenters. The molecular weight excluding hydrogens is 176 g/mol. The van der Waals surface area contributed by atoms with Crippen LogP contribution in [0, 0.1) is 12.3 Å². The summed E-state index contributed by atoms with van der Waals surface area (Å²) in [4.78, 5) is 0. The second kappa shape index (κ2) is 8.27. The summed E-state index contributed by atoms with van der Waals surface area (Å²) in [7, 11) is 0. The number of thiocarbonyl (C=S) groups is 1. The third-order valence-corrected chi connectivity index (χ3v) is 1.21. The van der Waals surface area contributed by atoms with Crippen molar-refractivity contribution in [2.75, 3.05) is 26.5 Å². The maximum Gasteiger partial charge on any atom is 0.168 e. The topological polar surface area (TPSA) is 53.5 Å². The Morgan fingerprint density at radius 1 is 1.58 bits per heavy atom. The van der Waals surface area contributed by atoms with Gasteiger partial charge >= 0.3 is 0 Å². The second-order valence-electron chi connectivity index (χ2n) is 1.85. The molecule has 0 spiro atoms. The van der Waals surface area contributed by atoms with Gasteiger partial charge < -0.3 is 20.5 Å². The molecular formula is C7H12N2O2S. The predicted octanol–water partition coefficient (Wildman–Crippen LogP) is -0.950. The van der Waals surface area contributed by atoms with E-state index in [1.807, 2.05) is 0 Å². The van der Waals surface area contributed by atoms with Crippen molar-refractivity contribution in [1.82, 2.24) is 10.6 Å². The van der Waals surface area contributed by atoms with E-state index >= 15 is 0 Å².